The van der Waals surface area contributed by atoms with Crippen LogP contribution < -0.4 is 0 Å². The zero-order valence-corrected chi connectivity index (χ0v) is 13.1. The van der Waals surface area contributed by atoms with Crippen LogP contribution in [0.3, 0.4) is 0 Å². The molecular weight excluding hydrogens is 302 g/mol. The predicted octanol–water partition coefficient (Wildman–Crippen LogP) is 2.47. The number of nitrogens with zero attached hydrogens (tertiary/aromatic N) is 5. The fourth-order valence-electron chi connectivity index (χ4n) is 2.80. The summed E-state index contributed by atoms with van der Waals surface area (Å²) in [6, 6.07) is 11.8. The van der Waals surface area contributed by atoms with Crippen molar-refractivity contribution in [2.75, 3.05) is 0 Å². The Hall–Kier alpha value is -3.02. The molecule has 3 aromatic rings. The van der Waals surface area contributed by atoms with E-state index in [2.05, 4.69) is 15.2 Å². The lowest BCUT2D eigenvalue weighted by molar-refractivity contribution is 0.0730. The Morgan fingerprint density at radius 3 is 2.50 bits per heavy atom. The maximum atomic E-state index is 13.2. The number of benzene rings is 1. The molecule has 1 amide bonds. The van der Waals surface area contributed by atoms with E-state index in [-0.39, 0.29) is 5.91 Å². The monoisotopic (exact) mass is 319 g/mol. The van der Waals surface area contributed by atoms with Gasteiger partial charge in [0.1, 0.15) is 12.7 Å². The second kappa shape index (κ2) is 6.23. The van der Waals surface area contributed by atoms with Crippen LogP contribution in [0.5, 0.6) is 0 Å². The van der Waals surface area contributed by atoms with Gasteiger partial charge in [0.05, 0.1) is 11.3 Å². The van der Waals surface area contributed by atoms with Crippen molar-refractivity contribution in [3.05, 3.63) is 72.6 Å². The second-order valence-electron chi connectivity index (χ2n) is 5.91. The van der Waals surface area contributed by atoms with E-state index in [1.165, 1.54) is 0 Å². The molecule has 0 N–H and O–H groups in total. The first kappa shape index (κ1) is 14.6. The molecular formula is C18H17N5O. The molecule has 0 unspecified atom stereocenters. The molecule has 0 spiro atoms. The number of pyridine rings is 1. The molecule has 1 aliphatic carbocycles. The van der Waals surface area contributed by atoms with E-state index < -0.39 is 0 Å². The summed E-state index contributed by atoms with van der Waals surface area (Å²) in [5, 5.41) is 7.68. The maximum absolute atomic E-state index is 13.2. The quantitative estimate of drug-likeness (QED) is 0.725. The van der Waals surface area contributed by atoms with Gasteiger partial charge in [-0.2, -0.15) is 0 Å². The van der Waals surface area contributed by atoms with Gasteiger partial charge >= 0.3 is 0 Å². The first-order valence-electron chi connectivity index (χ1n) is 7.97. The highest BCUT2D eigenvalue weighted by Crippen LogP contribution is 2.30. The molecule has 0 aliphatic heterocycles. The van der Waals surface area contributed by atoms with E-state index in [1.54, 1.807) is 29.6 Å². The summed E-state index contributed by atoms with van der Waals surface area (Å²) < 4.78 is 1.77. The number of hydrogen-bond acceptors (Lipinski definition) is 4. The van der Waals surface area contributed by atoms with E-state index in [9.17, 15) is 4.79 Å². The normalized spacial score (nSPS) is 13.7. The Bertz CT molecular complexity index is 828. The Kier molecular flexibility index (Phi) is 3.78. The summed E-state index contributed by atoms with van der Waals surface area (Å²) in [6.45, 7) is 0.600. The minimum absolute atomic E-state index is 0.0404. The van der Waals surface area contributed by atoms with Gasteiger partial charge in [0.25, 0.3) is 5.91 Å². The van der Waals surface area contributed by atoms with E-state index in [4.69, 9.17) is 0 Å². The molecule has 6 heteroatoms. The van der Waals surface area contributed by atoms with Crippen molar-refractivity contribution < 1.29 is 4.79 Å². The Morgan fingerprint density at radius 1 is 1.08 bits per heavy atom. The van der Waals surface area contributed by atoms with Gasteiger partial charge in [-0.25, -0.2) is 0 Å². The topological polar surface area (TPSA) is 63.9 Å². The summed E-state index contributed by atoms with van der Waals surface area (Å²) in [7, 11) is 0. The van der Waals surface area contributed by atoms with Crippen molar-refractivity contribution in [1.82, 2.24) is 24.6 Å². The molecule has 1 aromatic carbocycles. The average Bonchev–Trinajstić information content (AvgIpc) is 3.33. The van der Waals surface area contributed by atoms with E-state index in [0.717, 1.165) is 24.1 Å². The summed E-state index contributed by atoms with van der Waals surface area (Å²) in [5.41, 5.74) is 2.55. The molecule has 6 nitrogen and oxygen atoms in total. The van der Waals surface area contributed by atoms with Gasteiger partial charge in [-0.15, -0.1) is 10.2 Å². The van der Waals surface area contributed by atoms with E-state index in [0.29, 0.717) is 18.2 Å². The van der Waals surface area contributed by atoms with E-state index in [1.807, 2.05) is 41.3 Å². The molecule has 1 saturated carbocycles. The predicted molar refractivity (Wildman–Crippen MR) is 88.5 cm³/mol. The van der Waals surface area contributed by atoms with Crippen LogP contribution in [0.1, 0.15) is 28.8 Å². The van der Waals surface area contributed by atoms with Gasteiger partial charge in [0.15, 0.2) is 0 Å². The summed E-state index contributed by atoms with van der Waals surface area (Å²) >= 11 is 0. The molecule has 0 radical (unpaired) electrons. The standard InChI is InChI=1S/C18H17N5O/c24-18(16-3-1-2-4-17(16)22-12-20-21-13-22)23(15-5-6-15)11-14-7-9-19-10-8-14/h1-4,7-10,12-13,15H,5-6,11H2. The maximum Gasteiger partial charge on any atom is 0.256 e. The fourth-order valence-corrected chi connectivity index (χ4v) is 2.80. The van der Waals surface area contributed by atoms with E-state index >= 15 is 0 Å². The summed E-state index contributed by atoms with van der Waals surface area (Å²) in [5.74, 6) is 0.0404. The molecule has 4 rings (SSSR count). The summed E-state index contributed by atoms with van der Waals surface area (Å²) in [4.78, 5) is 19.2. The van der Waals surface area contributed by atoms with Gasteiger partial charge in [0.2, 0.25) is 0 Å². The highest BCUT2D eigenvalue weighted by atomic mass is 16.2. The molecule has 2 aromatic heterocycles. The highest BCUT2D eigenvalue weighted by Gasteiger charge is 2.34. The largest absolute Gasteiger partial charge is 0.331 e. The van der Waals surface area contributed by atoms with Gasteiger partial charge in [0, 0.05) is 25.0 Å². The first-order chi connectivity index (χ1) is 11.8. The molecule has 120 valence electrons. The van der Waals surface area contributed by atoms with Crippen LogP contribution in [-0.4, -0.2) is 36.6 Å². The minimum Gasteiger partial charge on any atom is -0.331 e. The van der Waals surface area contributed by atoms with Crippen LogP contribution in [0.2, 0.25) is 0 Å². The molecule has 0 bridgehead atoms. The lowest BCUT2D eigenvalue weighted by Gasteiger charge is -2.24. The molecule has 24 heavy (non-hydrogen) atoms. The lowest BCUT2D eigenvalue weighted by atomic mass is 10.1. The van der Waals surface area contributed by atoms with Gasteiger partial charge in [-0.05, 0) is 42.7 Å². The zero-order valence-electron chi connectivity index (χ0n) is 13.1. The van der Waals surface area contributed by atoms with Crippen LogP contribution in [-0.2, 0) is 6.54 Å². The van der Waals surface area contributed by atoms with Crippen molar-refractivity contribution in [2.24, 2.45) is 0 Å². The number of aromatic nitrogens is 4. The second-order valence-corrected chi connectivity index (χ2v) is 5.91. The lowest BCUT2D eigenvalue weighted by Crippen LogP contribution is -2.33. The Morgan fingerprint density at radius 2 is 1.79 bits per heavy atom. The number of carbonyl (C=O) groups is 1. The zero-order chi connectivity index (χ0) is 16.4. The van der Waals surface area contributed by atoms with Crippen LogP contribution in [0.25, 0.3) is 5.69 Å². The number of hydrogen-bond donors (Lipinski definition) is 0. The molecule has 2 heterocycles. The van der Waals surface area contributed by atoms with Crippen LogP contribution in [0.15, 0.2) is 61.4 Å². The molecule has 1 aliphatic rings. The van der Waals surface area contributed by atoms with Crippen molar-refractivity contribution in [3.8, 4) is 5.69 Å². The highest BCUT2D eigenvalue weighted by molar-refractivity contribution is 5.98. The van der Waals surface area contributed by atoms with Crippen molar-refractivity contribution in [2.45, 2.75) is 25.4 Å². The third-order valence-corrected chi connectivity index (χ3v) is 4.18. The molecule has 1 fully saturated rings. The van der Waals surface area contributed by atoms with Gasteiger partial charge in [-0.3, -0.25) is 14.3 Å². The Balaban J connectivity index is 1.66. The SMILES string of the molecule is O=C(c1ccccc1-n1cnnc1)N(Cc1ccncc1)C1CC1. The average molecular weight is 319 g/mol. The Labute approximate surface area is 139 Å². The third-order valence-electron chi connectivity index (χ3n) is 4.18. The van der Waals surface area contributed by atoms with Crippen molar-refractivity contribution in [3.63, 3.8) is 0 Å². The van der Waals surface area contributed by atoms with Crippen molar-refractivity contribution in [1.29, 1.82) is 0 Å². The summed E-state index contributed by atoms with van der Waals surface area (Å²) in [6.07, 6.45) is 8.86. The number of amides is 1. The van der Waals surface area contributed by atoms with Crippen LogP contribution >= 0.6 is 0 Å². The molecule has 0 atom stereocenters. The number of rotatable bonds is 5. The van der Waals surface area contributed by atoms with Gasteiger partial charge < -0.3 is 4.90 Å². The third kappa shape index (κ3) is 2.90. The smallest absolute Gasteiger partial charge is 0.256 e. The van der Waals surface area contributed by atoms with Crippen LogP contribution in [0.4, 0.5) is 0 Å². The first-order valence-corrected chi connectivity index (χ1v) is 7.97. The van der Waals surface area contributed by atoms with Gasteiger partial charge in [-0.1, -0.05) is 12.1 Å². The fraction of sp³-hybridized carbons (Fsp3) is 0.222. The number of para-hydroxylation sites is 1. The van der Waals surface area contributed by atoms with Crippen molar-refractivity contribution >= 4 is 5.91 Å². The molecule has 0 saturated heterocycles. The van der Waals surface area contributed by atoms with Crippen LogP contribution in [0, 0.1) is 0 Å². The minimum atomic E-state index is 0.0404. The number of carbonyl (C=O) groups excluding carboxylic acids is 1.